The van der Waals surface area contributed by atoms with Crippen molar-refractivity contribution in [3.05, 3.63) is 106 Å². The van der Waals surface area contributed by atoms with Gasteiger partial charge in [0, 0.05) is 16.2 Å². The minimum absolute atomic E-state index is 0.00537. The number of rotatable bonds is 7. The Kier molecular flexibility index (Phi) is 7.09. The Labute approximate surface area is 240 Å². The van der Waals surface area contributed by atoms with Crippen molar-refractivity contribution in [3.8, 4) is 5.75 Å². The molecule has 1 unspecified atom stereocenters. The van der Waals surface area contributed by atoms with Crippen LogP contribution in [-0.2, 0) is 15.3 Å². The molecule has 1 aliphatic rings. The number of carbonyl (C=O) groups excluding carboxylic acids is 2. The maximum absolute atomic E-state index is 14.4. The van der Waals surface area contributed by atoms with Crippen LogP contribution in [0.15, 0.2) is 88.1 Å². The van der Waals surface area contributed by atoms with Crippen LogP contribution >= 0.6 is 34.4 Å². The van der Waals surface area contributed by atoms with Gasteiger partial charge < -0.3 is 9.84 Å². The van der Waals surface area contributed by atoms with E-state index in [0.29, 0.717) is 15.0 Å². The van der Waals surface area contributed by atoms with Crippen LogP contribution in [0, 0.1) is 5.82 Å². The smallest absolute Gasteiger partial charge is 0.301 e. The highest BCUT2D eigenvalue weighted by atomic mass is 32.2. The summed E-state index contributed by atoms with van der Waals surface area (Å²) < 4.78 is 20.0. The van der Waals surface area contributed by atoms with E-state index in [1.807, 2.05) is 23.6 Å². The average Bonchev–Trinajstić information content (AvgIpc) is 3.72. The first-order valence-corrected chi connectivity index (χ1v) is 14.8. The molecule has 2 aromatic heterocycles. The third kappa shape index (κ3) is 4.66. The number of hydrogen-bond acceptors (Lipinski definition) is 9. The first kappa shape index (κ1) is 26.2. The van der Waals surface area contributed by atoms with E-state index in [9.17, 15) is 19.1 Å². The first-order valence-electron chi connectivity index (χ1n) is 12.1. The maximum atomic E-state index is 14.4. The summed E-state index contributed by atoms with van der Waals surface area (Å²) in [7, 11) is 1.33. The molecule has 7 nitrogen and oxygen atoms in total. The number of amides is 1. The van der Waals surface area contributed by atoms with Gasteiger partial charge in [0.15, 0.2) is 15.9 Å². The molecule has 0 saturated carbocycles. The van der Waals surface area contributed by atoms with E-state index in [0.717, 1.165) is 22.4 Å². The van der Waals surface area contributed by atoms with E-state index in [2.05, 4.69) is 34.5 Å². The van der Waals surface area contributed by atoms with Gasteiger partial charge >= 0.3 is 5.91 Å². The second-order valence-electron chi connectivity index (χ2n) is 8.81. The van der Waals surface area contributed by atoms with E-state index in [1.165, 1.54) is 58.6 Å². The van der Waals surface area contributed by atoms with Crippen LogP contribution in [0.25, 0.3) is 16.5 Å². The number of nitrogens with zero attached hydrogens (tertiary/aromatic N) is 3. The molecule has 1 aliphatic heterocycles. The van der Waals surface area contributed by atoms with E-state index < -0.39 is 29.3 Å². The maximum Gasteiger partial charge on any atom is 0.301 e. The van der Waals surface area contributed by atoms with E-state index in [4.69, 9.17) is 4.74 Å². The number of halogens is 1. The Morgan fingerprint density at radius 3 is 2.67 bits per heavy atom. The molecule has 40 heavy (non-hydrogen) atoms. The number of carbonyl (C=O) groups is 2. The second kappa shape index (κ2) is 10.8. The monoisotopic (exact) mass is 589 g/mol. The number of thioether (sulfide) groups is 1. The van der Waals surface area contributed by atoms with Crippen LogP contribution in [0.3, 0.4) is 0 Å². The zero-order valence-electron chi connectivity index (χ0n) is 20.9. The first-order chi connectivity index (χ1) is 19.5. The summed E-state index contributed by atoms with van der Waals surface area (Å²) in [5.74, 6) is -2.26. The van der Waals surface area contributed by atoms with Crippen molar-refractivity contribution in [1.82, 2.24) is 10.2 Å². The molecular formula is C29H20FN3O4S3. The summed E-state index contributed by atoms with van der Waals surface area (Å²) in [6.07, 6.45) is 0. The molecule has 11 heteroatoms. The number of hydrogen-bond donors (Lipinski definition) is 1. The number of aromatic nitrogens is 2. The van der Waals surface area contributed by atoms with Gasteiger partial charge in [0.25, 0.3) is 5.78 Å². The average molecular weight is 590 g/mol. The molecule has 3 heterocycles. The summed E-state index contributed by atoms with van der Waals surface area (Å²) in [6.45, 7) is 0. The number of fused-ring (bicyclic) bond motifs is 1. The number of methoxy groups -OCH3 is 1. The second-order valence-corrected chi connectivity index (χ2v) is 12.0. The molecule has 1 fully saturated rings. The number of aliphatic hydroxyl groups excluding tert-OH is 1. The summed E-state index contributed by atoms with van der Waals surface area (Å²) in [6, 6.07) is 20.8. The Morgan fingerprint density at radius 1 is 1.07 bits per heavy atom. The Hall–Kier alpha value is -4.06. The minimum atomic E-state index is -0.936. The third-order valence-electron chi connectivity index (χ3n) is 6.52. The lowest BCUT2D eigenvalue weighted by Gasteiger charge is -2.20. The van der Waals surface area contributed by atoms with Crippen molar-refractivity contribution in [3.63, 3.8) is 0 Å². The number of benzene rings is 3. The third-order valence-corrected chi connectivity index (χ3v) is 9.54. The molecule has 5 aromatic rings. The number of ketones is 1. The molecule has 0 aliphatic carbocycles. The van der Waals surface area contributed by atoms with Gasteiger partial charge in [-0.2, -0.15) is 0 Å². The standard InChI is InChI=1S/C29H20FN3O4S3/c1-37-21-12-11-17(14-20(21)30)25(34)23-24(22-10-5-13-38-22)33(27(36)26(23)35)28-31-32-29(40-28)39-15-18-8-4-7-16-6-2-3-9-19(16)18/h2-14,24,34H,15H2,1H3. The predicted molar refractivity (Wildman–Crippen MR) is 155 cm³/mol. The fourth-order valence-corrected chi connectivity index (χ4v) is 7.33. The number of aliphatic hydroxyl groups is 1. The van der Waals surface area contributed by atoms with Gasteiger partial charge in [-0.05, 0) is 46.0 Å². The Bertz CT molecular complexity index is 1780. The van der Waals surface area contributed by atoms with Crippen LogP contribution in [0.5, 0.6) is 5.75 Å². The van der Waals surface area contributed by atoms with Gasteiger partial charge in [-0.25, -0.2) is 4.39 Å². The molecule has 0 radical (unpaired) electrons. The highest BCUT2D eigenvalue weighted by molar-refractivity contribution is 8.00. The van der Waals surface area contributed by atoms with Gasteiger partial charge in [0.1, 0.15) is 11.8 Å². The highest BCUT2D eigenvalue weighted by Crippen LogP contribution is 2.45. The summed E-state index contributed by atoms with van der Waals surface area (Å²) >= 11 is 4.01. The molecule has 1 amide bonds. The van der Waals surface area contributed by atoms with Crippen LogP contribution < -0.4 is 9.64 Å². The normalized spacial score (nSPS) is 16.6. The zero-order valence-corrected chi connectivity index (χ0v) is 23.4. The van der Waals surface area contributed by atoms with Gasteiger partial charge in [0.2, 0.25) is 5.13 Å². The van der Waals surface area contributed by atoms with Gasteiger partial charge in [-0.15, -0.1) is 21.5 Å². The van der Waals surface area contributed by atoms with Crippen molar-refractivity contribution in [2.24, 2.45) is 0 Å². The fraction of sp³-hybridized carbons (Fsp3) is 0.103. The van der Waals surface area contributed by atoms with Crippen molar-refractivity contribution in [1.29, 1.82) is 0 Å². The quantitative estimate of drug-likeness (QED) is 0.0732. The molecule has 0 bridgehead atoms. The van der Waals surface area contributed by atoms with Crippen LogP contribution in [-0.4, -0.2) is 34.1 Å². The van der Waals surface area contributed by atoms with Crippen molar-refractivity contribution in [2.45, 2.75) is 16.1 Å². The molecule has 6 rings (SSSR count). The van der Waals surface area contributed by atoms with E-state index in [-0.39, 0.29) is 22.0 Å². The highest BCUT2D eigenvalue weighted by Gasteiger charge is 2.48. The number of ether oxygens (including phenoxy) is 1. The van der Waals surface area contributed by atoms with Crippen molar-refractivity contribution < 1.29 is 23.8 Å². The minimum Gasteiger partial charge on any atom is -0.507 e. The molecular weight excluding hydrogens is 570 g/mol. The van der Waals surface area contributed by atoms with E-state index in [1.54, 1.807) is 12.1 Å². The van der Waals surface area contributed by atoms with Crippen LogP contribution in [0.2, 0.25) is 0 Å². The topological polar surface area (TPSA) is 92.6 Å². The van der Waals surface area contributed by atoms with E-state index >= 15 is 0 Å². The predicted octanol–water partition coefficient (Wildman–Crippen LogP) is 6.82. The summed E-state index contributed by atoms with van der Waals surface area (Å²) in [5, 5.41) is 24.0. The summed E-state index contributed by atoms with van der Waals surface area (Å²) in [5.41, 5.74) is 1.06. The molecule has 200 valence electrons. The molecule has 1 saturated heterocycles. The zero-order chi connectivity index (χ0) is 27.8. The molecule has 3 aromatic carbocycles. The largest absolute Gasteiger partial charge is 0.507 e. The van der Waals surface area contributed by atoms with Gasteiger partial charge in [-0.3, -0.25) is 14.5 Å². The Balaban J connectivity index is 1.34. The molecule has 1 N–H and O–H groups in total. The van der Waals surface area contributed by atoms with Crippen LogP contribution in [0.4, 0.5) is 9.52 Å². The van der Waals surface area contributed by atoms with Crippen molar-refractivity contribution >= 4 is 67.8 Å². The lowest BCUT2D eigenvalue weighted by Crippen LogP contribution is -2.29. The SMILES string of the molecule is COc1ccc(C(O)=C2C(=O)C(=O)N(c3nnc(SCc4cccc5ccccc45)s3)C2c2cccs2)cc1F. The van der Waals surface area contributed by atoms with Gasteiger partial charge in [0.05, 0.1) is 12.7 Å². The Morgan fingerprint density at radius 2 is 1.90 bits per heavy atom. The number of thiophene rings is 1. The number of anilines is 1. The fourth-order valence-electron chi connectivity index (χ4n) is 4.63. The lowest BCUT2D eigenvalue weighted by atomic mass is 10.00. The molecule has 1 atom stereocenters. The van der Waals surface area contributed by atoms with Gasteiger partial charge in [-0.1, -0.05) is 71.6 Å². The number of Topliss-reactive ketones (excluding diaryl/α,β-unsaturated/α-hetero) is 1. The molecule has 0 spiro atoms. The summed E-state index contributed by atoms with van der Waals surface area (Å²) in [4.78, 5) is 28.5. The van der Waals surface area contributed by atoms with Crippen molar-refractivity contribution in [2.75, 3.05) is 12.0 Å². The van der Waals surface area contributed by atoms with Crippen LogP contribution in [0.1, 0.15) is 22.0 Å². The lowest BCUT2D eigenvalue weighted by molar-refractivity contribution is -0.132.